The van der Waals surface area contributed by atoms with Crippen molar-refractivity contribution in [3.8, 4) is 0 Å². The van der Waals surface area contributed by atoms with Gasteiger partial charge < -0.3 is 10.4 Å². The second kappa shape index (κ2) is 2.73. The Balaban J connectivity index is 2.12. The predicted octanol–water partition coefficient (Wildman–Crippen LogP) is 0.775. The number of aliphatic hydroxyl groups is 1. The molecule has 0 aromatic rings. The van der Waals surface area contributed by atoms with E-state index in [-0.39, 0.29) is 5.91 Å². The Hall–Kier alpha value is -0.570. The first kappa shape index (κ1) is 8.05. The summed E-state index contributed by atoms with van der Waals surface area (Å²) in [5.74, 6) is 0.319. The molecule has 0 spiro atoms. The monoisotopic (exact) mass is 169 g/mol. The van der Waals surface area contributed by atoms with Crippen LogP contribution in [0.1, 0.15) is 38.5 Å². The van der Waals surface area contributed by atoms with Crippen molar-refractivity contribution in [1.82, 2.24) is 5.32 Å². The normalized spacial score (nSPS) is 41.8. The van der Waals surface area contributed by atoms with Gasteiger partial charge in [-0.1, -0.05) is 6.42 Å². The third-order valence-electron chi connectivity index (χ3n) is 3.11. The quantitative estimate of drug-likeness (QED) is 0.563. The van der Waals surface area contributed by atoms with E-state index in [4.69, 9.17) is 0 Å². The van der Waals surface area contributed by atoms with E-state index in [1.54, 1.807) is 0 Å². The Kier molecular flexibility index (Phi) is 1.83. The molecule has 2 N–H and O–H groups in total. The van der Waals surface area contributed by atoms with E-state index in [1.807, 2.05) is 0 Å². The second-order valence-electron chi connectivity index (χ2n) is 3.95. The number of nitrogens with one attached hydrogen (secondary N) is 1. The van der Waals surface area contributed by atoms with Crippen molar-refractivity contribution in [3.63, 3.8) is 0 Å². The summed E-state index contributed by atoms with van der Waals surface area (Å²) < 4.78 is 0. The van der Waals surface area contributed by atoms with Crippen LogP contribution in [0.5, 0.6) is 0 Å². The van der Waals surface area contributed by atoms with Gasteiger partial charge in [-0.3, -0.25) is 4.79 Å². The average molecular weight is 169 g/mol. The van der Waals surface area contributed by atoms with Crippen LogP contribution in [0.4, 0.5) is 0 Å². The smallest absolute Gasteiger partial charge is 0.222 e. The van der Waals surface area contributed by atoms with Gasteiger partial charge in [0.1, 0.15) is 5.72 Å². The van der Waals surface area contributed by atoms with Crippen LogP contribution < -0.4 is 5.32 Å². The number of hydrogen-bond donors (Lipinski definition) is 2. The molecule has 0 aromatic heterocycles. The van der Waals surface area contributed by atoms with Gasteiger partial charge in [0, 0.05) is 12.3 Å². The molecule has 12 heavy (non-hydrogen) atoms. The minimum absolute atomic E-state index is 0.00986. The molecular formula is C9H15NO2. The highest BCUT2D eigenvalue weighted by Gasteiger charge is 2.42. The summed E-state index contributed by atoms with van der Waals surface area (Å²) in [6, 6.07) is 0. The van der Waals surface area contributed by atoms with Crippen LogP contribution >= 0.6 is 0 Å². The van der Waals surface area contributed by atoms with Crippen LogP contribution in [-0.4, -0.2) is 16.7 Å². The summed E-state index contributed by atoms with van der Waals surface area (Å²) >= 11 is 0. The third-order valence-corrected chi connectivity index (χ3v) is 3.11. The van der Waals surface area contributed by atoms with Gasteiger partial charge in [-0.15, -0.1) is 0 Å². The SMILES string of the molecule is O=C1CC[C@H]2CCCC[C@]2(O)N1. The molecular weight excluding hydrogens is 154 g/mol. The molecule has 1 aliphatic heterocycles. The van der Waals surface area contributed by atoms with Gasteiger partial charge in [-0.25, -0.2) is 0 Å². The number of rotatable bonds is 0. The molecule has 0 radical (unpaired) electrons. The zero-order valence-electron chi connectivity index (χ0n) is 7.18. The van der Waals surface area contributed by atoms with E-state index in [9.17, 15) is 9.90 Å². The highest BCUT2D eigenvalue weighted by atomic mass is 16.3. The first-order chi connectivity index (χ1) is 5.71. The van der Waals surface area contributed by atoms with Gasteiger partial charge in [-0.2, -0.15) is 0 Å². The largest absolute Gasteiger partial charge is 0.371 e. The highest BCUT2D eigenvalue weighted by Crippen LogP contribution is 2.37. The van der Waals surface area contributed by atoms with Crippen molar-refractivity contribution in [2.45, 2.75) is 44.2 Å². The fourth-order valence-electron chi connectivity index (χ4n) is 2.39. The molecule has 1 amide bonds. The fraction of sp³-hybridized carbons (Fsp3) is 0.889. The van der Waals surface area contributed by atoms with Crippen LogP contribution in [0.25, 0.3) is 0 Å². The number of carbonyl (C=O) groups excluding carboxylic acids is 1. The molecule has 1 saturated carbocycles. The molecule has 1 aliphatic carbocycles. The standard InChI is InChI=1S/C9H15NO2/c11-8-5-4-7-3-1-2-6-9(7,12)10-8/h7,12H,1-6H2,(H,10,11)/t7-,9-/m1/s1. The highest BCUT2D eigenvalue weighted by molar-refractivity contribution is 5.77. The first-order valence-electron chi connectivity index (χ1n) is 4.74. The zero-order chi connectivity index (χ0) is 8.60. The zero-order valence-corrected chi connectivity index (χ0v) is 7.18. The lowest BCUT2D eigenvalue weighted by molar-refractivity contribution is -0.146. The number of piperidine rings is 1. The molecule has 1 heterocycles. The van der Waals surface area contributed by atoms with E-state index in [0.29, 0.717) is 12.3 Å². The van der Waals surface area contributed by atoms with Crippen LogP contribution in [-0.2, 0) is 4.79 Å². The lowest BCUT2D eigenvalue weighted by atomic mass is 9.76. The Morgan fingerprint density at radius 1 is 1.42 bits per heavy atom. The number of fused-ring (bicyclic) bond motifs is 1. The Bertz CT molecular complexity index is 205. The molecule has 3 nitrogen and oxygen atoms in total. The maximum Gasteiger partial charge on any atom is 0.222 e. The average Bonchev–Trinajstić information content (AvgIpc) is 2.02. The van der Waals surface area contributed by atoms with Gasteiger partial charge >= 0.3 is 0 Å². The Morgan fingerprint density at radius 2 is 2.25 bits per heavy atom. The lowest BCUT2D eigenvalue weighted by Gasteiger charge is -2.43. The van der Waals surface area contributed by atoms with E-state index < -0.39 is 5.72 Å². The fourth-order valence-corrected chi connectivity index (χ4v) is 2.39. The molecule has 2 atom stereocenters. The molecule has 1 saturated heterocycles. The van der Waals surface area contributed by atoms with E-state index in [1.165, 1.54) is 6.42 Å². The van der Waals surface area contributed by atoms with Gasteiger partial charge in [0.2, 0.25) is 5.91 Å². The number of amides is 1. The Labute approximate surface area is 72.2 Å². The second-order valence-corrected chi connectivity index (χ2v) is 3.95. The van der Waals surface area contributed by atoms with Crippen molar-refractivity contribution in [1.29, 1.82) is 0 Å². The maximum atomic E-state index is 11.1. The van der Waals surface area contributed by atoms with Gasteiger partial charge in [0.25, 0.3) is 0 Å². The summed E-state index contributed by atoms with van der Waals surface area (Å²) in [6.07, 6.45) is 5.49. The molecule has 3 heteroatoms. The van der Waals surface area contributed by atoms with Crippen LogP contribution in [0.3, 0.4) is 0 Å². The Morgan fingerprint density at radius 3 is 3.08 bits per heavy atom. The molecule has 0 aromatic carbocycles. The van der Waals surface area contributed by atoms with Crippen LogP contribution in [0, 0.1) is 5.92 Å². The van der Waals surface area contributed by atoms with E-state index >= 15 is 0 Å². The minimum atomic E-state index is -0.854. The maximum absolute atomic E-state index is 11.1. The van der Waals surface area contributed by atoms with Crippen molar-refractivity contribution < 1.29 is 9.90 Å². The van der Waals surface area contributed by atoms with Gasteiger partial charge in [0.05, 0.1) is 0 Å². The molecule has 0 unspecified atom stereocenters. The lowest BCUT2D eigenvalue weighted by Crippen LogP contribution is -2.58. The minimum Gasteiger partial charge on any atom is -0.371 e. The molecule has 68 valence electrons. The summed E-state index contributed by atoms with van der Waals surface area (Å²) in [4.78, 5) is 11.1. The van der Waals surface area contributed by atoms with Gasteiger partial charge in [0.15, 0.2) is 0 Å². The van der Waals surface area contributed by atoms with Crippen molar-refractivity contribution in [3.05, 3.63) is 0 Å². The molecule has 2 fully saturated rings. The van der Waals surface area contributed by atoms with E-state index in [2.05, 4.69) is 5.32 Å². The topological polar surface area (TPSA) is 49.3 Å². The molecule has 0 bridgehead atoms. The molecule has 2 rings (SSSR count). The predicted molar refractivity (Wildman–Crippen MR) is 44.3 cm³/mol. The summed E-state index contributed by atoms with van der Waals surface area (Å²) in [5, 5.41) is 12.7. The number of hydrogen-bond acceptors (Lipinski definition) is 2. The van der Waals surface area contributed by atoms with Crippen molar-refractivity contribution >= 4 is 5.91 Å². The molecule has 2 aliphatic rings. The summed E-state index contributed by atoms with van der Waals surface area (Å²) in [6.45, 7) is 0. The third kappa shape index (κ3) is 1.22. The van der Waals surface area contributed by atoms with Crippen LogP contribution in [0.15, 0.2) is 0 Å². The van der Waals surface area contributed by atoms with Crippen molar-refractivity contribution in [2.24, 2.45) is 5.92 Å². The first-order valence-corrected chi connectivity index (χ1v) is 4.74. The van der Waals surface area contributed by atoms with E-state index in [0.717, 1.165) is 25.7 Å². The van der Waals surface area contributed by atoms with Crippen LogP contribution in [0.2, 0.25) is 0 Å². The summed E-state index contributed by atoms with van der Waals surface area (Å²) in [7, 11) is 0. The number of carbonyl (C=O) groups is 1. The van der Waals surface area contributed by atoms with Crippen molar-refractivity contribution in [2.75, 3.05) is 0 Å². The van der Waals surface area contributed by atoms with Gasteiger partial charge in [-0.05, 0) is 25.7 Å². The summed E-state index contributed by atoms with van der Waals surface area (Å²) in [5.41, 5.74) is -0.854.